The Kier molecular flexibility index (Phi) is 60.1. The smallest absolute Gasteiger partial charge is 0.419 e. The van der Waals surface area contributed by atoms with Gasteiger partial charge in [0.1, 0.15) is 12.2 Å². The van der Waals surface area contributed by atoms with Crippen molar-refractivity contribution in [1.29, 1.82) is 0 Å². The fraction of sp³-hybridized carbons (Fsp3) is 0.958. The van der Waals surface area contributed by atoms with E-state index in [0.29, 0.717) is 38.5 Å². The van der Waals surface area contributed by atoms with Gasteiger partial charge >= 0.3 is 29.7 Å². The van der Waals surface area contributed by atoms with E-state index in [1.807, 2.05) is 0 Å². The summed E-state index contributed by atoms with van der Waals surface area (Å²) >= 11 is 0. The lowest BCUT2D eigenvalue weighted by Crippen LogP contribution is -2.70. The number of aliphatic hydroxyl groups excluding tert-OH is 4. The molecule has 0 aliphatic carbocycles. The summed E-state index contributed by atoms with van der Waals surface area (Å²) in [6, 6.07) is 0. The summed E-state index contributed by atoms with van der Waals surface area (Å²) < 4.78 is 16.0. The first-order valence-corrected chi connectivity index (χ1v) is 36.7. The second-order valence-electron chi connectivity index (χ2n) is 25.7. The third-order valence-electron chi connectivity index (χ3n) is 17.5. The highest BCUT2D eigenvalue weighted by Gasteiger charge is 2.67. The van der Waals surface area contributed by atoms with Gasteiger partial charge in [0, 0.05) is 19.3 Å². The van der Waals surface area contributed by atoms with Crippen LogP contribution in [0.4, 0.5) is 0 Å². The van der Waals surface area contributed by atoms with E-state index in [4.69, 9.17) is 14.2 Å². The lowest BCUT2D eigenvalue weighted by molar-refractivity contribution is -0.465. The van der Waals surface area contributed by atoms with Crippen molar-refractivity contribution in [2.45, 2.75) is 436 Å². The molecule has 0 spiro atoms. The molecule has 4 atom stereocenters. The van der Waals surface area contributed by atoms with E-state index in [0.717, 1.165) is 77.0 Å². The van der Waals surface area contributed by atoms with E-state index < -0.39 is 54.6 Å². The molecular weight excluding hydrogens is 1060 g/mol. The second kappa shape index (κ2) is 61.4. The van der Waals surface area contributed by atoms with Gasteiger partial charge in [0.2, 0.25) is 0 Å². The summed E-state index contributed by atoms with van der Waals surface area (Å²) in [7, 11) is 0. The molecule has 0 fully saturated rings. The highest BCUT2D eigenvalue weighted by atomic mass is 16.9. The maximum atomic E-state index is 13.5. The fourth-order valence-electron chi connectivity index (χ4n) is 11.7. The Morgan fingerprint density at radius 2 is 0.452 bits per heavy atom. The van der Waals surface area contributed by atoms with Gasteiger partial charge in [-0.05, 0) is 19.3 Å². The molecule has 0 radical (unpaired) electrons. The number of ether oxygens (including phenoxy) is 3. The van der Waals surface area contributed by atoms with Gasteiger partial charge in [-0.1, -0.05) is 367 Å². The van der Waals surface area contributed by atoms with Crippen molar-refractivity contribution in [3.05, 3.63) is 0 Å². The molecule has 0 unspecified atom stereocenters. The minimum absolute atomic E-state index is 0.251. The van der Waals surface area contributed by atoms with E-state index in [1.54, 1.807) is 0 Å². The monoisotopic (exact) mass is 1200 g/mol. The van der Waals surface area contributed by atoms with Gasteiger partial charge in [-0.3, -0.25) is 14.4 Å². The van der Waals surface area contributed by atoms with Crippen molar-refractivity contribution in [3.63, 3.8) is 0 Å². The lowest BCUT2D eigenvalue weighted by Gasteiger charge is -2.43. The first kappa shape index (κ1) is 82.2. The molecule has 12 nitrogen and oxygen atoms in total. The van der Waals surface area contributed by atoms with Crippen LogP contribution in [-0.2, 0) is 28.6 Å². The average Bonchev–Trinajstić information content (AvgIpc) is 3.58. The van der Waals surface area contributed by atoms with Gasteiger partial charge in [0.25, 0.3) is 0 Å². The summed E-state index contributed by atoms with van der Waals surface area (Å²) in [4.78, 5) is 40.4. The zero-order valence-electron chi connectivity index (χ0n) is 55.5. The molecule has 0 aromatic carbocycles. The van der Waals surface area contributed by atoms with Crippen LogP contribution in [0, 0.1) is 0 Å². The van der Waals surface area contributed by atoms with Crippen molar-refractivity contribution < 1.29 is 59.2 Å². The second-order valence-corrected chi connectivity index (χ2v) is 25.7. The molecule has 0 bridgehead atoms. The van der Waals surface area contributed by atoms with Gasteiger partial charge in [-0.15, -0.1) is 0 Å². The van der Waals surface area contributed by atoms with Crippen molar-refractivity contribution in [1.82, 2.24) is 0 Å². The molecule has 12 heteroatoms. The molecule has 0 aliphatic rings. The Morgan fingerprint density at radius 3 is 0.631 bits per heavy atom. The number of esters is 3. The van der Waals surface area contributed by atoms with Gasteiger partial charge in [-0.25, -0.2) is 0 Å². The first-order chi connectivity index (χ1) is 40.9. The molecule has 84 heavy (non-hydrogen) atoms. The Morgan fingerprint density at radius 1 is 0.286 bits per heavy atom. The van der Waals surface area contributed by atoms with Crippen LogP contribution in [0.1, 0.15) is 406 Å². The molecule has 500 valence electrons. The van der Waals surface area contributed by atoms with Crippen molar-refractivity contribution >= 4 is 17.9 Å². The van der Waals surface area contributed by atoms with E-state index >= 15 is 0 Å². The van der Waals surface area contributed by atoms with Gasteiger partial charge in [-0.2, -0.15) is 0 Å². The van der Waals surface area contributed by atoms with Crippen LogP contribution < -0.4 is 0 Å². The number of hydrogen-bond donors (Lipinski definition) is 6. The molecule has 0 aromatic heterocycles. The van der Waals surface area contributed by atoms with Crippen LogP contribution in [0.2, 0.25) is 0 Å². The Labute approximate surface area is 517 Å². The third-order valence-corrected chi connectivity index (χ3v) is 17.5. The van der Waals surface area contributed by atoms with Crippen LogP contribution in [0.25, 0.3) is 0 Å². The normalized spacial score (nSPS) is 13.7. The standard InChI is InChI=1S/C72H140O12/c1-4-7-10-13-16-19-22-25-28-31-34-37-40-43-46-49-52-55-58-61-66(75)82-71(80,70(79)69(78)65(74)64-73)72(81,83-67(76)62-59-56-53-50-47-44-41-38-35-32-29-26-23-20-17-14-11-8-5-2)84-68(77)63-60-57-54-51-48-45-42-39-36-33-30-27-24-21-18-15-12-9-6-3/h65,69-70,73-74,78-81H,4-64H2,1-3H3/t65-,69+,70+,71+/m0/s1. The van der Waals surface area contributed by atoms with Crippen LogP contribution in [0.15, 0.2) is 0 Å². The van der Waals surface area contributed by atoms with Crippen molar-refractivity contribution in [3.8, 4) is 0 Å². The SMILES string of the molecule is CCCCCCCCCCCCCCCCCCCCCC(=O)OC(O)(OC(=O)CCCCCCCCCCCCCCCCCCCCC)[C@](O)(OC(=O)CCCCCCCCCCCCCCCCCCCCC)[C@H](O)[C@H](O)[C@@H](O)CO. The number of unbranched alkanes of at least 4 members (excludes halogenated alkanes) is 54. The molecule has 0 heterocycles. The van der Waals surface area contributed by atoms with Crippen LogP contribution >= 0.6 is 0 Å². The summed E-state index contributed by atoms with van der Waals surface area (Å²) in [5, 5.41) is 66.3. The fourth-order valence-corrected chi connectivity index (χ4v) is 11.7. The number of aliphatic hydroxyl groups is 6. The van der Waals surface area contributed by atoms with E-state index in [2.05, 4.69) is 20.8 Å². The molecule has 0 saturated heterocycles. The van der Waals surface area contributed by atoms with Crippen LogP contribution in [-0.4, -0.2) is 85.2 Å². The zero-order chi connectivity index (χ0) is 61.7. The minimum atomic E-state index is -3.82. The Bertz CT molecular complexity index is 1360. The maximum Gasteiger partial charge on any atom is 0.446 e. The number of hydrogen-bond acceptors (Lipinski definition) is 12. The number of carbonyl (C=O) groups excluding carboxylic acids is 3. The molecule has 6 N–H and O–H groups in total. The predicted molar refractivity (Wildman–Crippen MR) is 347 cm³/mol. The first-order valence-electron chi connectivity index (χ1n) is 36.7. The van der Waals surface area contributed by atoms with E-state index in [9.17, 15) is 45.0 Å². The highest BCUT2D eigenvalue weighted by Crippen LogP contribution is 2.35. The molecule has 0 aliphatic heterocycles. The molecular formula is C72H140O12. The van der Waals surface area contributed by atoms with Gasteiger partial charge in [0.15, 0.2) is 6.10 Å². The summed E-state index contributed by atoms with van der Waals surface area (Å²) in [6.07, 6.45) is 59.0. The highest BCUT2D eigenvalue weighted by molar-refractivity contribution is 5.73. The minimum Gasteiger partial charge on any atom is -0.419 e. The lowest BCUT2D eigenvalue weighted by atomic mass is 9.97. The Hall–Kier alpha value is -1.83. The van der Waals surface area contributed by atoms with Crippen LogP contribution in [0.5, 0.6) is 0 Å². The van der Waals surface area contributed by atoms with E-state index in [1.165, 1.54) is 250 Å². The summed E-state index contributed by atoms with van der Waals surface area (Å²) in [6.45, 7) is 5.69. The van der Waals surface area contributed by atoms with Crippen molar-refractivity contribution in [2.24, 2.45) is 0 Å². The summed E-state index contributed by atoms with van der Waals surface area (Å²) in [5.74, 6) is -10.9. The topological polar surface area (TPSA) is 200 Å². The molecule has 0 rings (SSSR count). The maximum absolute atomic E-state index is 13.5. The largest absolute Gasteiger partial charge is 0.446 e. The predicted octanol–water partition coefficient (Wildman–Crippen LogP) is 19.5. The van der Waals surface area contributed by atoms with E-state index in [-0.39, 0.29) is 19.3 Å². The number of carbonyl (C=O) groups is 3. The number of rotatable bonds is 68. The van der Waals surface area contributed by atoms with Crippen molar-refractivity contribution in [2.75, 3.05) is 6.61 Å². The van der Waals surface area contributed by atoms with Gasteiger partial charge in [0.05, 0.1) is 6.61 Å². The summed E-state index contributed by atoms with van der Waals surface area (Å²) in [5.41, 5.74) is 0. The molecule has 0 aromatic rings. The Balaban J connectivity index is 5.24. The molecule has 0 amide bonds. The van der Waals surface area contributed by atoms with Gasteiger partial charge < -0.3 is 44.8 Å². The molecule has 0 saturated carbocycles. The van der Waals surface area contributed by atoms with Crippen LogP contribution in [0.3, 0.4) is 0 Å². The average molecular weight is 1200 g/mol. The zero-order valence-corrected chi connectivity index (χ0v) is 55.5. The third kappa shape index (κ3) is 49.1. The quantitative estimate of drug-likeness (QED) is 0.0192.